The number of ether oxygens (including phenoxy) is 1. The van der Waals surface area contributed by atoms with E-state index in [1.165, 1.54) is 37.4 Å². The van der Waals surface area contributed by atoms with E-state index in [4.69, 9.17) is 27.9 Å². The smallest absolute Gasteiger partial charge is 0.321 e. The number of nitrogens with one attached hydrogen (secondary N) is 1. The van der Waals surface area contributed by atoms with Gasteiger partial charge in [-0.25, -0.2) is 8.78 Å². The van der Waals surface area contributed by atoms with E-state index in [-0.39, 0.29) is 27.6 Å². The minimum absolute atomic E-state index is 0.0620. The molecule has 1 saturated heterocycles. The lowest BCUT2D eigenvalue weighted by molar-refractivity contribution is -0.151. The number of rotatable bonds is 6. The van der Waals surface area contributed by atoms with Crippen LogP contribution in [0.2, 0.25) is 10.0 Å². The van der Waals surface area contributed by atoms with Crippen LogP contribution in [0.15, 0.2) is 36.4 Å². The zero-order valence-electron chi connectivity index (χ0n) is 18.5. The normalized spacial score (nSPS) is 24.5. The number of carboxylic acid groups (broad SMARTS) is 1. The summed E-state index contributed by atoms with van der Waals surface area (Å²) < 4.78 is 35.4. The molecule has 4 atom stereocenters. The number of carboxylic acids is 1. The van der Waals surface area contributed by atoms with Crippen molar-refractivity contribution in [3.63, 3.8) is 0 Å². The molecule has 6 nitrogen and oxygen atoms in total. The first-order chi connectivity index (χ1) is 15.9. The van der Waals surface area contributed by atoms with Crippen molar-refractivity contribution in [3.05, 3.63) is 69.2 Å². The lowest BCUT2D eigenvalue weighted by Gasteiger charge is -2.37. The Kier molecular flexibility index (Phi) is 7.23. The van der Waals surface area contributed by atoms with Gasteiger partial charge >= 0.3 is 11.9 Å². The van der Waals surface area contributed by atoms with E-state index in [9.17, 15) is 20.0 Å². The fourth-order valence-corrected chi connectivity index (χ4v) is 5.14. The van der Waals surface area contributed by atoms with Gasteiger partial charge in [-0.05, 0) is 44.0 Å². The number of nitrogens with zero attached hydrogens (tertiary/aromatic N) is 1. The van der Waals surface area contributed by atoms with Crippen LogP contribution in [-0.4, -0.2) is 36.2 Å². The zero-order valence-corrected chi connectivity index (χ0v) is 20.0. The minimum atomic E-state index is -1.95. The van der Waals surface area contributed by atoms with Crippen molar-refractivity contribution in [2.45, 2.75) is 43.7 Å². The molecule has 2 aromatic carbocycles. The third kappa shape index (κ3) is 4.24. The first-order valence-corrected chi connectivity index (χ1v) is 11.0. The summed E-state index contributed by atoms with van der Waals surface area (Å²) in [4.78, 5) is 24.7. The van der Waals surface area contributed by atoms with Crippen LogP contribution in [0.4, 0.5) is 8.78 Å². The molecule has 1 heterocycles. The highest BCUT2D eigenvalue weighted by atomic mass is 35.5. The molecule has 10 heteroatoms. The van der Waals surface area contributed by atoms with Gasteiger partial charge in [0.25, 0.3) is 0 Å². The summed E-state index contributed by atoms with van der Waals surface area (Å²) in [6.07, 6.45) is -0.113. The molecule has 0 radical (unpaired) electrons. The number of aliphatic carboxylic acids is 1. The molecular weight excluding hydrogens is 489 g/mol. The highest BCUT2D eigenvalue weighted by molar-refractivity contribution is 6.31. The summed E-state index contributed by atoms with van der Waals surface area (Å²) in [7, 11) is 1.20. The molecule has 34 heavy (non-hydrogen) atoms. The Morgan fingerprint density at radius 2 is 1.94 bits per heavy atom. The van der Waals surface area contributed by atoms with E-state index < -0.39 is 52.4 Å². The van der Waals surface area contributed by atoms with Crippen LogP contribution in [0.5, 0.6) is 0 Å². The SMILES string of the molecule is COC(=O)C(C)(C)C[C@@H]1N[C@@H](C(=O)O)[C@H](c2cccc(Cl)c2F)[C@@]1(C#N)c1ccc(Cl)cc1F. The van der Waals surface area contributed by atoms with E-state index in [0.29, 0.717) is 0 Å². The average Bonchev–Trinajstić information content (AvgIpc) is 3.09. The van der Waals surface area contributed by atoms with Gasteiger partial charge in [0.1, 0.15) is 23.1 Å². The van der Waals surface area contributed by atoms with Gasteiger partial charge in [-0.15, -0.1) is 0 Å². The van der Waals surface area contributed by atoms with Gasteiger partial charge in [0.15, 0.2) is 0 Å². The van der Waals surface area contributed by atoms with Crippen molar-refractivity contribution in [2.75, 3.05) is 7.11 Å². The Balaban J connectivity index is 2.36. The molecule has 1 aliphatic heterocycles. The summed E-state index contributed by atoms with van der Waals surface area (Å²) >= 11 is 11.9. The van der Waals surface area contributed by atoms with E-state index in [1.54, 1.807) is 13.8 Å². The first-order valence-electron chi connectivity index (χ1n) is 10.3. The maximum absolute atomic E-state index is 15.3. The molecule has 1 fully saturated rings. The standard InChI is InChI=1S/C24H22Cl2F2N2O4/c1-23(2,22(33)34-3)10-17-24(11-29,14-8-7-12(25)9-16(14)27)18(20(30-17)21(31)32)13-5-4-6-15(26)19(13)28/h4-9,17-18,20,30H,10H2,1-3H3,(H,31,32)/t17-,18-,20+,24-/m0/s1. The van der Waals surface area contributed by atoms with Gasteiger partial charge < -0.3 is 9.84 Å². The number of esters is 1. The van der Waals surface area contributed by atoms with Crippen LogP contribution < -0.4 is 5.32 Å². The number of methoxy groups -OCH3 is 1. The number of nitriles is 1. The third-order valence-corrected chi connectivity index (χ3v) is 6.88. The highest BCUT2D eigenvalue weighted by Crippen LogP contribution is 2.52. The maximum atomic E-state index is 15.3. The Morgan fingerprint density at radius 3 is 2.50 bits per heavy atom. The van der Waals surface area contributed by atoms with Crippen LogP contribution in [0.1, 0.15) is 37.3 Å². The van der Waals surface area contributed by atoms with Crippen LogP contribution in [0.3, 0.4) is 0 Å². The predicted octanol–water partition coefficient (Wildman–Crippen LogP) is 4.83. The summed E-state index contributed by atoms with van der Waals surface area (Å²) in [5, 5.41) is 23.2. The number of hydrogen-bond acceptors (Lipinski definition) is 5. The molecule has 0 amide bonds. The number of benzene rings is 2. The molecular formula is C24H22Cl2F2N2O4. The Bertz CT molecular complexity index is 1180. The van der Waals surface area contributed by atoms with E-state index in [2.05, 4.69) is 11.4 Å². The summed E-state index contributed by atoms with van der Waals surface area (Å²) in [6.45, 7) is 3.12. The third-order valence-electron chi connectivity index (χ3n) is 6.35. The fourth-order valence-electron chi connectivity index (χ4n) is 4.80. The van der Waals surface area contributed by atoms with Crippen LogP contribution in [-0.2, 0) is 19.7 Å². The Morgan fingerprint density at radius 1 is 1.26 bits per heavy atom. The number of hydrogen-bond donors (Lipinski definition) is 2. The number of carbonyl (C=O) groups is 2. The van der Waals surface area contributed by atoms with Gasteiger partial charge in [-0.1, -0.05) is 41.4 Å². The quantitative estimate of drug-likeness (QED) is 0.539. The monoisotopic (exact) mass is 510 g/mol. The predicted molar refractivity (Wildman–Crippen MR) is 122 cm³/mol. The van der Waals surface area contributed by atoms with Gasteiger partial charge in [0.05, 0.1) is 23.6 Å². The van der Waals surface area contributed by atoms with Gasteiger partial charge in [-0.3, -0.25) is 14.9 Å². The van der Waals surface area contributed by atoms with Gasteiger partial charge in [-0.2, -0.15) is 5.26 Å². The molecule has 3 rings (SSSR count). The first kappa shape index (κ1) is 25.9. The van der Waals surface area contributed by atoms with Crippen LogP contribution in [0.25, 0.3) is 0 Å². The largest absolute Gasteiger partial charge is 0.480 e. The van der Waals surface area contributed by atoms with Crippen molar-refractivity contribution in [1.82, 2.24) is 5.32 Å². The Hall–Kier alpha value is -2.73. The molecule has 0 aromatic heterocycles. The summed E-state index contributed by atoms with van der Waals surface area (Å²) in [5.74, 6) is -5.17. The molecule has 2 aromatic rings. The molecule has 0 spiro atoms. The van der Waals surface area contributed by atoms with Gasteiger partial charge in [0.2, 0.25) is 0 Å². The second-order valence-corrected chi connectivity index (χ2v) is 9.68. The molecule has 2 N–H and O–H groups in total. The lowest BCUT2D eigenvalue weighted by atomic mass is 9.62. The second-order valence-electron chi connectivity index (χ2n) is 8.84. The Labute approximate surface area is 205 Å². The van der Waals surface area contributed by atoms with E-state index in [1.807, 2.05) is 0 Å². The van der Waals surface area contributed by atoms with Gasteiger partial charge in [0, 0.05) is 22.5 Å². The molecule has 0 saturated carbocycles. The van der Waals surface area contributed by atoms with Crippen molar-refractivity contribution < 1.29 is 28.2 Å². The van der Waals surface area contributed by atoms with Crippen LogP contribution >= 0.6 is 23.2 Å². The van der Waals surface area contributed by atoms with Crippen molar-refractivity contribution in [3.8, 4) is 6.07 Å². The molecule has 180 valence electrons. The molecule has 0 aliphatic carbocycles. The maximum Gasteiger partial charge on any atom is 0.321 e. The van der Waals surface area contributed by atoms with Crippen molar-refractivity contribution in [1.29, 1.82) is 5.26 Å². The van der Waals surface area contributed by atoms with E-state index in [0.717, 1.165) is 6.07 Å². The topological polar surface area (TPSA) is 99.4 Å². The zero-order chi connectivity index (χ0) is 25.4. The molecule has 1 aliphatic rings. The molecule has 0 bridgehead atoms. The summed E-state index contributed by atoms with van der Waals surface area (Å²) in [5.41, 5.74) is -3.48. The highest BCUT2D eigenvalue weighted by Gasteiger charge is 2.62. The second kappa shape index (κ2) is 9.49. The molecule has 0 unspecified atom stereocenters. The fraction of sp³-hybridized carbons (Fsp3) is 0.375. The van der Waals surface area contributed by atoms with Crippen molar-refractivity contribution >= 4 is 35.1 Å². The van der Waals surface area contributed by atoms with Crippen molar-refractivity contribution in [2.24, 2.45) is 5.41 Å². The van der Waals surface area contributed by atoms with E-state index >= 15 is 8.78 Å². The number of carbonyl (C=O) groups excluding carboxylic acids is 1. The average molecular weight is 511 g/mol. The number of halogens is 4. The lowest BCUT2D eigenvalue weighted by Crippen LogP contribution is -2.46. The van der Waals surface area contributed by atoms with Crippen LogP contribution in [0, 0.1) is 28.4 Å². The summed E-state index contributed by atoms with van der Waals surface area (Å²) in [6, 6.07) is 7.17. The minimum Gasteiger partial charge on any atom is -0.480 e.